The van der Waals surface area contributed by atoms with Crippen LogP contribution in [-0.4, -0.2) is 17.0 Å². The molecule has 0 aromatic heterocycles. The van der Waals surface area contributed by atoms with Crippen molar-refractivity contribution >= 4 is 21.7 Å². The molecule has 0 aliphatic heterocycles. The molecule has 0 saturated heterocycles. The Morgan fingerprint density at radius 2 is 2.27 bits per heavy atom. The Bertz CT molecular complexity index is 170. The summed E-state index contributed by atoms with van der Waals surface area (Å²) >= 11 is 2.97. The predicted octanol–water partition coefficient (Wildman–Crippen LogP) is 2.39. The molecule has 0 amide bonds. The molecule has 11 heavy (non-hydrogen) atoms. The first-order chi connectivity index (χ1) is 5.05. The van der Waals surface area contributed by atoms with Gasteiger partial charge in [-0.1, -0.05) is 15.9 Å². The summed E-state index contributed by atoms with van der Waals surface area (Å²) in [5.41, 5.74) is 0. The summed E-state index contributed by atoms with van der Waals surface area (Å²) in [6.45, 7) is 0. The first-order valence-electron chi connectivity index (χ1n) is 3.52. The molecule has 64 valence electrons. The molecule has 0 heterocycles. The van der Waals surface area contributed by atoms with Crippen molar-refractivity contribution in [3.8, 4) is 0 Å². The average molecular weight is 227 g/mol. The van der Waals surface area contributed by atoms with Crippen molar-refractivity contribution in [1.29, 1.82) is 0 Å². The van der Waals surface area contributed by atoms with Gasteiger partial charge >= 0.3 is 0 Å². The minimum Gasteiger partial charge on any atom is -0.298 e. The second-order valence-electron chi connectivity index (χ2n) is 2.90. The van der Waals surface area contributed by atoms with Crippen LogP contribution in [0.3, 0.4) is 0 Å². The molecule has 0 aromatic rings. The molecule has 1 fully saturated rings. The molecule has 1 aliphatic carbocycles. The second-order valence-corrected chi connectivity index (χ2v) is 3.46. The van der Waals surface area contributed by atoms with Crippen molar-refractivity contribution in [3.63, 3.8) is 0 Å². The second kappa shape index (κ2) is 3.17. The van der Waals surface area contributed by atoms with Crippen molar-refractivity contribution in [2.45, 2.75) is 25.2 Å². The number of halogens is 3. The van der Waals surface area contributed by atoms with Crippen LogP contribution >= 0.6 is 15.9 Å². The van der Waals surface area contributed by atoms with Gasteiger partial charge in [-0.05, 0) is 6.42 Å². The van der Waals surface area contributed by atoms with E-state index in [4.69, 9.17) is 0 Å². The molecule has 1 aliphatic rings. The number of Topliss-reactive ketones (excluding diaryl/α,β-unsaturated/α-hetero) is 1. The van der Waals surface area contributed by atoms with Crippen LogP contribution in [0.4, 0.5) is 8.78 Å². The Labute approximate surface area is 72.3 Å². The molecule has 0 bridgehead atoms. The molecular formula is C7H9BrF2O. The molecular weight excluding hydrogens is 218 g/mol. The summed E-state index contributed by atoms with van der Waals surface area (Å²) in [5.74, 6) is -3.10. The number of alkyl halides is 3. The van der Waals surface area contributed by atoms with E-state index < -0.39 is 11.8 Å². The zero-order chi connectivity index (χ0) is 8.48. The highest BCUT2D eigenvalue weighted by atomic mass is 79.9. The van der Waals surface area contributed by atoms with Gasteiger partial charge in [0.15, 0.2) is 0 Å². The lowest BCUT2D eigenvalue weighted by Crippen LogP contribution is -2.16. The van der Waals surface area contributed by atoms with E-state index >= 15 is 0 Å². The minimum absolute atomic E-state index is 0.0952. The van der Waals surface area contributed by atoms with Gasteiger partial charge in [0.1, 0.15) is 5.78 Å². The molecule has 1 nitrogen and oxygen atoms in total. The SMILES string of the molecule is O=C(CBr)C1CCC(F)(F)C1. The van der Waals surface area contributed by atoms with E-state index in [-0.39, 0.29) is 24.0 Å². The van der Waals surface area contributed by atoms with Crippen LogP contribution in [0.1, 0.15) is 19.3 Å². The first-order valence-corrected chi connectivity index (χ1v) is 4.64. The third-order valence-corrected chi connectivity index (χ3v) is 2.54. The summed E-state index contributed by atoms with van der Waals surface area (Å²) in [6.07, 6.45) is -0.0364. The summed E-state index contributed by atoms with van der Waals surface area (Å²) in [6, 6.07) is 0. The van der Waals surface area contributed by atoms with Crippen LogP contribution in [0.15, 0.2) is 0 Å². The lowest BCUT2D eigenvalue weighted by molar-refractivity contribution is -0.121. The quantitative estimate of drug-likeness (QED) is 0.662. The third kappa shape index (κ3) is 2.22. The standard InChI is InChI=1S/C7H9BrF2O/c8-4-6(11)5-1-2-7(9,10)3-5/h5H,1-4H2. The Morgan fingerprint density at radius 3 is 2.64 bits per heavy atom. The highest BCUT2D eigenvalue weighted by Gasteiger charge is 2.41. The number of carbonyl (C=O) groups excluding carboxylic acids is 1. The number of carbonyl (C=O) groups is 1. The predicted molar refractivity (Wildman–Crippen MR) is 41.1 cm³/mol. The summed E-state index contributed by atoms with van der Waals surface area (Å²) in [5, 5.41) is 0.202. The third-order valence-electron chi connectivity index (χ3n) is 1.99. The number of rotatable bonds is 2. The Morgan fingerprint density at radius 1 is 1.64 bits per heavy atom. The summed E-state index contributed by atoms with van der Waals surface area (Å²) < 4.78 is 25.0. The highest BCUT2D eigenvalue weighted by Crippen LogP contribution is 2.39. The van der Waals surface area contributed by atoms with Gasteiger partial charge in [-0.3, -0.25) is 4.79 Å². The lowest BCUT2D eigenvalue weighted by atomic mass is 10.0. The van der Waals surface area contributed by atoms with Crippen molar-refractivity contribution in [3.05, 3.63) is 0 Å². The molecule has 0 spiro atoms. The van der Waals surface area contributed by atoms with E-state index in [2.05, 4.69) is 15.9 Å². The maximum Gasteiger partial charge on any atom is 0.248 e. The topological polar surface area (TPSA) is 17.1 Å². The maximum atomic E-state index is 12.5. The molecule has 0 aromatic carbocycles. The van der Waals surface area contributed by atoms with Gasteiger partial charge in [-0.15, -0.1) is 0 Å². The van der Waals surface area contributed by atoms with Gasteiger partial charge < -0.3 is 0 Å². The normalized spacial score (nSPS) is 28.8. The van der Waals surface area contributed by atoms with E-state index in [1.165, 1.54) is 0 Å². The van der Waals surface area contributed by atoms with E-state index in [9.17, 15) is 13.6 Å². The molecule has 1 atom stereocenters. The van der Waals surface area contributed by atoms with Crippen molar-refractivity contribution < 1.29 is 13.6 Å². The van der Waals surface area contributed by atoms with Crippen LogP contribution in [0, 0.1) is 5.92 Å². The van der Waals surface area contributed by atoms with Gasteiger partial charge in [0.25, 0.3) is 0 Å². The molecule has 0 N–H and O–H groups in total. The Hall–Kier alpha value is 0.01000. The zero-order valence-electron chi connectivity index (χ0n) is 5.95. The largest absolute Gasteiger partial charge is 0.298 e. The average Bonchev–Trinajstić information content (AvgIpc) is 2.29. The molecule has 1 unspecified atom stereocenters. The van der Waals surface area contributed by atoms with Crippen LogP contribution in [0.25, 0.3) is 0 Å². The van der Waals surface area contributed by atoms with Crippen molar-refractivity contribution in [2.75, 3.05) is 5.33 Å². The van der Waals surface area contributed by atoms with Crippen LogP contribution in [-0.2, 0) is 4.79 Å². The van der Waals surface area contributed by atoms with Gasteiger partial charge in [0, 0.05) is 18.8 Å². The van der Waals surface area contributed by atoms with E-state index in [1.807, 2.05) is 0 Å². The van der Waals surface area contributed by atoms with E-state index in [0.717, 1.165) is 0 Å². The molecule has 4 heteroatoms. The van der Waals surface area contributed by atoms with Crippen molar-refractivity contribution in [1.82, 2.24) is 0 Å². The number of ketones is 1. The Balaban J connectivity index is 2.48. The summed E-state index contributed by atoms with van der Waals surface area (Å²) in [4.78, 5) is 10.9. The lowest BCUT2D eigenvalue weighted by Gasteiger charge is -2.07. The zero-order valence-corrected chi connectivity index (χ0v) is 7.53. The number of hydrogen-bond donors (Lipinski definition) is 0. The van der Waals surface area contributed by atoms with Gasteiger partial charge in [0.05, 0.1) is 5.33 Å². The van der Waals surface area contributed by atoms with Crippen LogP contribution < -0.4 is 0 Å². The van der Waals surface area contributed by atoms with Gasteiger partial charge in [0.2, 0.25) is 5.92 Å². The monoisotopic (exact) mass is 226 g/mol. The first kappa shape index (κ1) is 9.10. The molecule has 0 radical (unpaired) electrons. The number of hydrogen-bond acceptors (Lipinski definition) is 1. The molecule has 1 rings (SSSR count). The van der Waals surface area contributed by atoms with Crippen LogP contribution in [0.5, 0.6) is 0 Å². The van der Waals surface area contributed by atoms with E-state index in [1.54, 1.807) is 0 Å². The molecule has 1 saturated carbocycles. The Kier molecular flexibility index (Phi) is 2.62. The smallest absolute Gasteiger partial charge is 0.248 e. The fourth-order valence-electron chi connectivity index (χ4n) is 1.33. The highest BCUT2D eigenvalue weighted by molar-refractivity contribution is 9.09. The minimum atomic E-state index is -2.59. The van der Waals surface area contributed by atoms with Gasteiger partial charge in [-0.2, -0.15) is 0 Å². The maximum absolute atomic E-state index is 12.5. The van der Waals surface area contributed by atoms with Gasteiger partial charge in [-0.25, -0.2) is 8.78 Å². The van der Waals surface area contributed by atoms with Crippen LogP contribution in [0.2, 0.25) is 0 Å². The van der Waals surface area contributed by atoms with E-state index in [0.29, 0.717) is 6.42 Å². The fraction of sp³-hybridized carbons (Fsp3) is 0.857. The summed E-state index contributed by atoms with van der Waals surface area (Å²) in [7, 11) is 0. The fourth-order valence-corrected chi connectivity index (χ4v) is 1.79. The van der Waals surface area contributed by atoms with Crippen molar-refractivity contribution in [2.24, 2.45) is 5.92 Å².